The molecule has 0 aliphatic carbocycles. The minimum absolute atomic E-state index is 0.110. The van der Waals surface area contributed by atoms with Gasteiger partial charge in [0.05, 0.1) is 26.4 Å². The number of aliphatic hydroxyl groups is 3. The Kier molecular flexibility index (Phi) is 41.6. The lowest BCUT2D eigenvalue weighted by Crippen LogP contribution is -2.25. The first-order valence-corrected chi connectivity index (χ1v) is 25.9. The summed E-state index contributed by atoms with van der Waals surface area (Å²) in [5, 5.41) is 30.0. The number of aliphatic hydroxyl groups excluding tert-OH is 3. The Labute approximate surface area is 393 Å². The number of carbonyl (C=O) groups is 2. The van der Waals surface area contributed by atoms with Gasteiger partial charge in [-0.3, -0.25) is 27.7 Å². The lowest BCUT2D eigenvalue weighted by Gasteiger charge is -2.19. The fraction of sp³-hybridized carbons (Fsp3) is 0.551. The number of phosphoric ester groups is 2. The first-order valence-electron chi connectivity index (χ1n) is 22.9. The molecule has 0 aliphatic rings. The third-order valence-corrected chi connectivity index (χ3v) is 10.3. The van der Waals surface area contributed by atoms with Gasteiger partial charge in [-0.2, -0.15) is 0 Å². The molecule has 0 fully saturated rings. The smallest absolute Gasteiger partial charge is 0.463 e. The van der Waals surface area contributed by atoms with E-state index >= 15 is 0 Å². The summed E-state index contributed by atoms with van der Waals surface area (Å²) >= 11 is 0. The van der Waals surface area contributed by atoms with Crippen molar-refractivity contribution in [2.24, 2.45) is 0 Å². The number of hydrogen-bond donors (Lipinski definition) is 5. The first-order chi connectivity index (χ1) is 31.8. The summed E-state index contributed by atoms with van der Waals surface area (Å²) in [4.78, 5) is 43.7. The third-order valence-electron chi connectivity index (χ3n) is 8.41. The molecule has 0 spiro atoms. The van der Waals surface area contributed by atoms with Crippen molar-refractivity contribution in [1.82, 2.24) is 0 Å². The van der Waals surface area contributed by atoms with Crippen molar-refractivity contribution < 1.29 is 71.4 Å². The van der Waals surface area contributed by atoms with Crippen LogP contribution in [-0.2, 0) is 46.3 Å². The molecule has 0 saturated carbocycles. The predicted octanol–water partition coefficient (Wildman–Crippen LogP) is 10.3. The monoisotopic (exact) mass is 968 g/mol. The van der Waals surface area contributed by atoms with E-state index in [9.17, 15) is 43.8 Å². The van der Waals surface area contributed by atoms with Gasteiger partial charge < -0.3 is 34.6 Å². The summed E-state index contributed by atoms with van der Waals surface area (Å²) in [5.74, 6) is -1.12. The number of rotatable bonds is 42. The van der Waals surface area contributed by atoms with Crippen LogP contribution in [0.15, 0.2) is 122 Å². The number of hydrogen-bond acceptors (Lipinski definition) is 13. The lowest BCUT2D eigenvalue weighted by atomic mass is 10.2. The average molecular weight is 969 g/mol. The Morgan fingerprint density at radius 2 is 0.621 bits per heavy atom. The minimum atomic E-state index is -4.81. The average Bonchev–Trinajstić information content (AvgIpc) is 3.29. The Morgan fingerprint density at radius 1 is 0.394 bits per heavy atom. The van der Waals surface area contributed by atoms with Crippen LogP contribution in [0, 0.1) is 0 Å². The van der Waals surface area contributed by atoms with Crippen LogP contribution in [0.3, 0.4) is 0 Å². The van der Waals surface area contributed by atoms with Crippen LogP contribution < -0.4 is 0 Å². The molecule has 0 bridgehead atoms. The Balaban J connectivity index is 4.04. The zero-order valence-corrected chi connectivity index (χ0v) is 40.8. The normalized spacial score (nSPS) is 16.2. The van der Waals surface area contributed by atoms with E-state index in [1.54, 1.807) is 0 Å². The highest BCUT2D eigenvalue weighted by atomic mass is 31.2. The number of allylic oxidation sites excluding steroid dienone is 20. The third kappa shape index (κ3) is 45.6. The minimum Gasteiger partial charge on any atom is -0.463 e. The Morgan fingerprint density at radius 3 is 0.879 bits per heavy atom. The molecule has 4 atom stereocenters. The van der Waals surface area contributed by atoms with E-state index in [2.05, 4.69) is 129 Å². The van der Waals surface area contributed by atoms with Gasteiger partial charge in [0, 0.05) is 12.8 Å². The molecule has 4 unspecified atom stereocenters. The number of unbranched alkanes of at least 4 members (excludes halogenated alkanes) is 2. The van der Waals surface area contributed by atoms with Gasteiger partial charge in [-0.25, -0.2) is 9.13 Å². The highest BCUT2D eigenvalue weighted by Crippen LogP contribution is 2.45. The van der Waals surface area contributed by atoms with Gasteiger partial charge in [-0.05, 0) is 89.9 Å². The molecule has 0 radical (unpaired) electrons. The van der Waals surface area contributed by atoms with Gasteiger partial charge >= 0.3 is 27.6 Å². The van der Waals surface area contributed by atoms with Crippen molar-refractivity contribution in [2.45, 2.75) is 135 Å². The van der Waals surface area contributed by atoms with Gasteiger partial charge in [-0.15, -0.1) is 0 Å². The molecular formula is C49H78O15P2. The summed E-state index contributed by atoms with van der Waals surface area (Å²) in [6, 6.07) is 0. The zero-order chi connectivity index (χ0) is 48.8. The van der Waals surface area contributed by atoms with Gasteiger partial charge in [0.2, 0.25) is 0 Å². The summed E-state index contributed by atoms with van der Waals surface area (Å²) in [6.07, 6.45) is 49.2. The van der Waals surface area contributed by atoms with Crippen LogP contribution >= 0.6 is 15.6 Å². The van der Waals surface area contributed by atoms with Gasteiger partial charge in [-0.1, -0.05) is 135 Å². The topological polar surface area (TPSA) is 225 Å². The van der Waals surface area contributed by atoms with Crippen LogP contribution in [-0.4, -0.2) is 95.0 Å². The number of carbonyl (C=O) groups excluding carboxylic acids is 2. The molecule has 0 saturated heterocycles. The molecule has 0 aromatic rings. The van der Waals surface area contributed by atoms with Crippen molar-refractivity contribution in [1.29, 1.82) is 0 Å². The maximum absolute atomic E-state index is 12.1. The van der Waals surface area contributed by atoms with Gasteiger partial charge in [0.1, 0.15) is 31.5 Å². The summed E-state index contributed by atoms with van der Waals surface area (Å²) in [7, 11) is -9.62. The quantitative estimate of drug-likeness (QED) is 0.0166. The zero-order valence-electron chi connectivity index (χ0n) is 39.0. The Bertz CT molecular complexity index is 1530. The lowest BCUT2D eigenvalue weighted by molar-refractivity contribution is -0.148. The second kappa shape index (κ2) is 44.0. The molecule has 0 aliphatic heterocycles. The molecule has 374 valence electrons. The summed E-state index contributed by atoms with van der Waals surface area (Å²) in [6.45, 7) is 0.00549. The van der Waals surface area contributed by atoms with Crippen LogP contribution in [0.25, 0.3) is 0 Å². The van der Waals surface area contributed by atoms with Crippen LogP contribution in [0.5, 0.6) is 0 Å². The molecule has 5 N–H and O–H groups in total. The highest BCUT2D eigenvalue weighted by molar-refractivity contribution is 7.47. The van der Waals surface area contributed by atoms with Crippen molar-refractivity contribution >= 4 is 27.6 Å². The van der Waals surface area contributed by atoms with E-state index in [-0.39, 0.29) is 12.8 Å². The predicted molar refractivity (Wildman–Crippen MR) is 260 cm³/mol. The van der Waals surface area contributed by atoms with E-state index in [1.807, 2.05) is 24.3 Å². The molecule has 0 amide bonds. The van der Waals surface area contributed by atoms with Gasteiger partial charge in [0.25, 0.3) is 0 Å². The van der Waals surface area contributed by atoms with Crippen molar-refractivity contribution in [3.8, 4) is 0 Å². The van der Waals surface area contributed by atoms with Crippen molar-refractivity contribution in [3.63, 3.8) is 0 Å². The molecular weight excluding hydrogens is 890 g/mol. The summed E-state index contributed by atoms with van der Waals surface area (Å²) in [5.41, 5.74) is 0. The maximum atomic E-state index is 12.1. The van der Waals surface area contributed by atoms with E-state index in [0.29, 0.717) is 25.7 Å². The second-order valence-corrected chi connectivity index (χ2v) is 17.6. The fourth-order valence-electron chi connectivity index (χ4n) is 4.93. The van der Waals surface area contributed by atoms with E-state index in [0.717, 1.165) is 64.2 Å². The van der Waals surface area contributed by atoms with Crippen molar-refractivity contribution in [3.05, 3.63) is 122 Å². The molecule has 17 heteroatoms. The molecule has 0 heterocycles. The molecule has 15 nitrogen and oxygen atoms in total. The van der Waals surface area contributed by atoms with Crippen molar-refractivity contribution in [2.75, 3.05) is 39.6 Å². The van der Waals surface area contributed by atoms with Crippen LogP contribution in [0.2, 0.25) is 0 Å². The SMILES string of the molecule is CC/C=C\C/C=C\C/C=C\C/C=C\C/C=C\CCCC(=O)OCC(O)COP(=O)(O)OCC(O)COP(=O)(O)OCC(O)COC(=O)CCC/C=C\C/C=C\C/C=C\C/C=C\C/C=C\CC. The van der Waals surface area contributed by atoms with E-state index in [1.165, 1.54) is 0 Å². The number of phosphoric acid groups is 2. The van der Waals surface area contributed by atoms with E-state index in [4.69, 9.17) is 9.47 Å². The Hall–Kier alpha value is -3.56. The second-order valence-electron chi connectivity index (χ2n) is 14.6. The van der Waals surface area contributed by atoms with Crippen LogP contribution in [0.1, 0.15) is 117 Å². The molecule has 0 aromatic carbocycles. The number of esters is 2. The van der Waals surface area contributed by atoms with Crippen LogP contribution in [0.4, 0.5) is 0 Å². The highest BCUT2D eigenvalue weighted by Gasteiger charge is 2.28. The standard InChI is InChI=1S/C49H78O15P2/c1-3-5-7-9-11-13-15-17-19-21-23-25-27-29-31-33-35-37-48(53)59-39-45(50)41-61-65(55,56)63-43-47(52)44-64-66(57,58)62-42-46(51)40-60-49(54)38-36-34-32-30-28-26-24-22-20-18-16-14-12-10-8-6-4-2/h5-8,11-14,17-20,23-26,29-32,45-47,50-52H,3-4,9-10,15-16,21-22,27-28,33-44H2,1-2H3,(H,55,56)(H,57,58)/b7-5-,8-6-,13-11-,14-12-,19-17-,20-18-,25-23-,26-24-,31-29-,32-30-. The molecule has 66 heavy (non-hydrogen) atoms. The number of ether oxygens (including phenoxy) is 2. The molecule has 0 rings (SSSR count). The largest absolute Gasteiger partial charge is 0.472 e. The fourth-order valence-corrected chi connectivity index (χ4v) is 6.52. The first kappa shape index (κ1) is 62.4. The summed E-state index contributed by atoms with van der Waals surface area (Å²) < 4.78 is 52.8. The molecule has 0 aromatic heterocycles. The van der Waals surface area contributed by atoms with Gasteiger partial charge in [0.15, 0.2) is 0 Å². The maximum Gasteiger partial charge on any atom is 0.472 e. The van der Waals surface area contributed by atoms with E-state index < -0.39 is 85.5 Å².